The van der Waals surface area contributed by atoms with Crippen molar-refractivity contribution in [3.8, 4) is 0 Å². The number of amides is 1. The molecule has 2 N–H and O–H groups in total. The molecule has 1 saturated carbocycles. The number of anilines is 1. The number of nitrogens with one attached hydrogen (secondary N) is 1. The highest BCUT2D eigenvalue weighted by Crippen LogP contribution is 2.40. The van der Waals surface area contributed by atoms with E-state index in [1.165, 1.54) is 19.9 Å². The first-order valence-corrected chi connectivity index (χ1v) is 9.97. The Morgan fingerprint density at radius 1 is 1.23 bits per heavy atom. The van der Waals surface area contributed by atoms with E-state index >= 15 is 0 Å². The van der Waals surface area contributed by atoms with Gasteiger partial charge in [-0.3, -0.25) is 10.1 Å². The van der Waals surface area contributed by atoms with Gasteiger partial charge in [-0.15, -0.1) is 0 Å². The Balaban J connectivity index is 1.95. The Morgan fingerprint density at radius 2 is 1.87 bits per heavy atom. The van der Waals surface area contributed by atoms with Crippen molar-refractivity contribution in [2.24, 2.45) is 5.41 Å². The number of rotatable bonds is 6. The number of alkyl halides is 3. The Kier molecular flexibility index (Phi) is 5.64. The third kappa shape index (κ3) is 4.94. The van der Waals surface area contributed by atoms with Gasteiger partial charge < -0.3 is 9.67 Å². The fraction of sp³-hybridized carbons (Fsp3) is 0.619. The Hall–Kier alpha value is -2.16. The van der Waals surface area contributed by atoms with Crippen LogP contribution in [-0.4, -0.2) is 26.7 Å². The van der Waals surface area contributed by atoms with E-state index in [2.05, 4.69) is 10.3 Å². The molecule has 5 nitrogen and oxygen atoms in total. The summed E-state index contributed by atoms with van der Waals surface area (Å²) in [5.74, 6) is -1.12. The van der Waals surface area contributed by atoms with Crippen molar-refractivity contribution in [3.63, 3.8) is 0 Å². The van der Waals surface area contributed by atoms with Crippen LogP contribution in [0.15, 0.2) is 12.1 Å². The predicted octanol–water partition coefficient (Wildman–Crippen LogP) is 5.44. The van der Waals surface area contributed by atoms with Crippen LogP contribution in [0, 0.1) is 11.2 Å². The highest BCUT2D eigenvalue weighted by Gasteiger charge is 2.38. The Labute approximate surface area is 172 Å². The van der Waals surface area contributed by atoms with E-state index in [1.54, 1.807) is 24.5 Å². The molecule has 1 aliphatic carbocycles. The summed E-state index contributed by atoms with van der Waals surface area (Å²) in [6, 6.07) is 2.86. The van der Waals surface area contributed by atoms with Crippen LogP contribution in [0.4, 0.5) is 23.5 Å². The number of nitrogens with zero attached hydrogens (tertiary/aromatic N) is 2. The van der Waals surface area contributed by atoms with Gasteiger partial charge in [-0.2, -0.15) is 13.2 Å². The summed E-state index contributed by atoms with van der Waals surface area (Å²) < 4.78 is 54.7. The summed E-state index contributed by atoms with van der Waals surface area (Å²) in [5, 5.41) is 12.9. The molecule has 1 heterocycles. The molecule has 0 bridgehead atoms. The minimum absolute atomic E-state index is 0.00457. The van der Waals surface area contributed by atoms with Crippen molar-refractivity contribution in [2.45, 2.75) is 77.6 Å². The smallest absolute Gasteiger partial charge is 0.386 e. The zero-order valence-electron chi connectivity index (χ0n) is 17.5. The molecule has 0 radical (unpaired) electrons. The number of benzene rings is 1. The van der Waals surface area contributed by atoms with Gasteiger partial charge in [0.1, 0.15) is 5.52 Å². The average Bonchev–Trinajstić information content (AvgIpc) is 2.80. The molecule has 2 aromatic rings. The van der Waals surface area contributed by atoms with Crippen LogP contribution in [-0.2, 0) is 10.4 Å². The standard InChI is InChI=1S/C21H27F4N3O2/c1-19(2,11-21(23,24)25)10-16(29)26-18-27-17-14(22)8-12(20(3,4)30)9-15(17)28(18)13-6-5-7-13/h8-9,13,30H,5-7,10-11H2,1-4H3,(H,26,27,29). The van der Waals surface area contributed by atoms with Crippen molar-refractivity contribution in [1.29, 1.82) is 0 Å². The van der Waals surface area contributed by atoms with Gasteiger partial charge in [-0.05, 0) is 56.2 Å². The maximum Gasteiger partial charge on any atom is 0.389 e. The molecular formula is C21H27F4N3O2. The molecular weight excluding hydrogens is 402 g/mol. The number of hydrogen-bond donors (Lipinski definition) is 2. The molecule has 1 fully saturated rings. The van der Waals surface area contributed by atoms with E-state index in [4.69, 9.17) is 0 Å². The second-order valence-corrected chi connectivity index (χ2v) is 9.46. The van der Waals surface area contributed by atoms with Gasteiger partial charge in [0, 0.05) is 18.9 Å². The maximum absolute atomic E-state index is 14.7. The molecule has 0 saturated heterocycles. The topological polar surface area (TPSA) is 67.2 Å². The molecule has 1 aromatic heterocycles. The Morgan fingerprint density at radius 3 is 2.37 bits per heavy atom. The molecule has 1 amide bonds. The molecule has 0 aliphatic heterocycles. The van der Waals surface area contributed by atoms with E-state index in [1.807, 2.05) is 0 Å². The number of hydrogen-bond acceptors (Lipinski definition) is 3. The van der Waals surface area contributed by atoms with Gasteiger partial charge in [-0.1, -0.05) is 13.8 Å². The van der Waals surface area contributed by atoms with Crippen LogP contribution in [0.2, 0.25) is 0 Å². The second kappa shape index (κ2) is 7.51. The second-order valence-electron chi connectivity index (χ2n) is 9.46. The summed E-state index contributed by atoms with van der Waals surface area (Å²) in [5.41, 5.74) is -1.68. The molecule has 0 atom stereocenters. The third-order valence-corrected chi connectivity index (χ3v) is 5.46. The van der Waals surface area contributed by atoms with Crippen molar-refractivity contribution < 1.29 is 27.5 Å². The number of aromatic nitrogens is 2. The summed E-state index contributed by atoms with van der Waals surface area (Å²) in [7, 11) is 0. The SMILES string of the molecule is CC(C)(CC(=O)Nc1nc2c(F)cc(C(C)(C)O)cc2n1C1CCC1)CC(F)(F)F. The lowest BCUT2D eigenvalue weighted by atomic mass is 9.85. The first kappa shape index (κ1) is 22.5. The van der Waals surface area contributed by atoms with E-state index in [9.17, 15) is 27.5 Å². The number of carbonyl (C=O) groups excluding carboxylic acids is 1. The van der Waals surface area contributed by atoms with Crippen molar-refractivity contribution in [3.05, 3.63) is 23.5 Å². The minimum atomic E-state index is -4.38. The van der Waals surface area contributed by atoms with Crippen LogP contribution in [0.1, 0.15) is 71.4 Å². The monoisotopic (exact) mass is 429 g/mol. The van der Waals surface area contributed by atoms with Crippen LogP contribution in [0.5, 0.6) is 0 Å². The fourth-order valence-electron chi connectivity index (χ4n) is 3.82. The van der Waals surface area contributed by atoms with Crippen LogP contribution >= 0.6 is 0 Å². The molecule has 30 heavy (non-hydrogen) atoms. The molecule has 1 aliphatic rings. The molecule has 9 heteroatoms. The molecule has 1 aromatic carbocycles. The van der Waals surface area contributed by atoms with Crippen LogP contribution in [0.3, 0.4) is 0 Å². The van der Waals surface area contributed by atoms with Crippen molar-refractivity contribution >= 4 is 22.9 Å². The maximum atomic E-state index is 14.7. The summed E-state index contributed by atoms with van der Waals surface area (Å²) in [6.45, 7) is 5.85. The van der Waals surface area contributed by atoms with Crippen molar-refractivity contribution in [1.82, 2.24) is 9.55 Å². The fourth-order valence-corrected chi connectivity index (χ4v) is 3.82. The number of fused-ring (bicyclic) bond motifs is 1. The van der Waals surface area contributed by atoms with Crippen LogP contribution in [0.25, 0.3) is 11.0 Å². The highest BCUT2D eigenvalue weighted by molar-refractivity contribution is 5.92. The largest absolute Gasteiger partial charge is 0.389 e. The predicted molar refractivity (Wildman–Crippen MR) is 106 cm³/mol. The van der Waals surface area contributed by atoms with E-state index in [0.717, 1.165) is 19.3 Å². The summed E-state index contributed by atoms with van der Waals surface area (Å²) >= 11 is 0. The van der Waals surface area contributed by atoms with Gasteiger partial charge in [-0.25, -0.2) is 9.37 Å². The minimum Gasteiger partial charge on any atom is -0.386 e. The molecule has 3 rings (SSSR count). The number of carbonyl (C=O) groups is 1. The van der Waals surface area contributed by atoms with Gasteiger partial charge >= 0.3 is 6.18 Å². The zero-order chi connectivity index (χ0) is 22.5. The summed E-state index contributed by atoms with van der Waals surface area (Å²) in [6.07, 6.45) is -3.19. The average molecular weight is 429 g/mol. The third-order valence-electron chi connectivity index (χ3n) is 5.46. The normalized spacial score (nSPS) is 16.0. The van der Waals surface area contributed by atoms with E-state index < -0.39 is 35.3 Å². The number of imidazole rings is 1. The summed E-state index contributed by atoms with van der Waals surface area (Å²) in [4.78, 5) is 16.8. The van der Waals surface area contributed by atoms with E-state index in [-0.39, 0.29) is 23.9 Å². The molecule has 166 valence electrons. The lowest BCUT2D eigenvalue weighted by Gasteiger charge is -2.30. The quantitative estimate of drug-likeness (QED) is 0.602. The van der Waals surface area contributed by atoms with Gasteiger partial charge in [0.2, 0.25) is 11.9 Å². The highest BCUT2D eigenvalue weighted by atomic mass is 19.4. The molecule has 0 unspecified atom stereocenters. The zero-order valence-corrected chi connectivity index (χ0v) is 17.5. The number of halogens is 4. The van der Waals surface area contributed by atoms with Crippen LogP contribution < -0.4 is 5.32 Å². The number of aliphatic hydroxyl groups is 1. The lowest BCUT2D eigenvalue weighted by molar-refractivity contribution is -0.156. The first-order valence-electron chi connectivity index (χ1n) is 9.97. The van der Waals surface area contributed by atoms with Gasteiger partial charge in [0.05, 0.1) is 11.1 Å². The molecule has 0 spiro atoms. The van der Waals surface area contributed by atoms with Gasteiger partial charge in [0.15, 0.2) is 5.82 Å². The Bertz CT molecular complexity index is 954. The van der Waals surface area contributed by atoms with E-state index in [0.29, 0.717) is 11.1 Å². The first-order chi connectivity index (χ1) is 13.7. The lowest BCUT2D eigenvalue weighted by Crippen LogP contribution is -2.29. The van der Waals surface area contributed by atoms with Gasteiger partial charge in [0.25, 0.3) is 0 Å². The van der Waals surface area contributed by atoms with Crippen molar-refractivity contribution in [2.75, 3.05) is 5.32 Å².